The van der Waals surface area contributed by atoms with Gasteiger partial charge in [-0.05, 0) is 261 Å². The molecule has 0 N–H and O–H groups in total. The van der Waals surface area contributed by atoms with Crippen LogP contribution in [0.2, 0.25) is 0 Å². The fourth-order valence-corrected chi connectivity index (χ4v) is 18.4. The minimum Gasteiger partial charge on any atom is -0.311 e. The van der Waals surface area contributed by atoms with Gasteiger partial charge in [0, 0.05) is 33.8 Å². The molecule has 0 amide bonds. The highest BCUT2D eigenvalue weighted by Crippen LogP contribution is 2.53. The van der Waals surface area contributed by atoms with Gasteiger partial charge in [-0.3, -0.25) is 0 Å². The molecule has 22 aromatic rings. The lowest BCUT2D eigenvalue weighted by molar-refractivity contribution is 1.28. The number of anilines is 6. The fraction of sp³-hybridized carbons (Fsp3) is 0. The van der Waals surface area contributed by atoms with Crippen molar-refractivity contribution in [1.29, 1.82) is 0 Å². The van der Waals surface area contributed by atoms with E-state index in [4.69, 9.17) is 0 Å². The monoisotopic (exact) mass is 1520 g/mol. The highest BCUT2D eigenvalue weighted by molar-refractivity contribution is 6.35. The normalized spacial score (nSPS) is 11.3. The maximum Gasteiger partial charge on any atom is 0.0540 e. The number of nitrogens with zero attached hydrogens (tertiary/aromatic N) is 2. The van der Waals surface area contributed by atoms with Crippen LogP contribution in [0.5, 0.6) is 0 Å². The van der Waals surface area contributed by atoms with Gasteiger partial charge < -0.3 is 9.80 Å². The third-order valence-electron chi connectivity index (χ3n) is 23.9. The van der Waals surface area contributed by atoms with Gasteiger partial charge >= 0.3 is 0 Å². The summed E-state index contributed by atoms with van der Waals surface area (Å²) in [5.41, 5.74) is 28.7. The van der Waals surface area contributed by atoms with E-state index in [0.29, 0.717) is 0 Å². The van der Waals surface area contributed by atoms with Crippen LogP contribution in [0.3, 0.4) is 0 Å². The zero-order valence-electron chi connectivity index (χ0n) is 66.1. The molecule has 120 heavy (non-hydrogen) atoms. The molecule has 0 aliphatic heterocycles. The third kappa shape index (κ3) is 13.3. The summed E-state index contributed by atoms with van der Waals surface area (Å²) in [4.78, 5) is 4.67. The Morgan fingerprint density at radius 3 is 0.800 bits per heavy atom. The van der Waals surface area contributed by atoms with E-state index in [1.165, 1.54) is 176 Å². The average Bonchev–Trinajstić information content (AvgIpc) is 0.710. The molecule has 0 saturated carbocycles. The molecular formula is C118H80N2. The lowest BCUT2D eigenvalue weighted by atomic mass is 9.81. The van der Waals surface area contributed by atoms with Crippen LogP contribution in [0.15, 0.2) is 485 Å². The van der Waals surface area contributed by atoms with Gasteiger partial charge in [-0.2, -0.15) is 0 Å². The Morgan fingerprint density at radius 2 is 0.392 bits per heavy atom. The molecule has 0 heterocycles. The van der Waals surface area contributed by atoms with E-state index in [2.05, 4.69) is 495 Å². The van der Waals surface area contributed by atoms with Gasteiger partial charge in [-0.15, -0.1) is 0 Å². The molecule has 0 fully saturated rings. The summed E-state index contributed by atoms with van der Waals surface area (Å²) in [7, 11) is 0. The van der Waals surface area contributed by atoms with Gasteiger partial charge in [0.1, 0.15) is 0 Å². The minimum atomic E-state index is 1.12. The van der Waals surface area contributed by atoms with Gasteiger partial charge in [0.05, 0.1) is 5.69 Å². The van der Waals surface area contributed by atoms with Gasteiger partial charge in [-0.1, -0.05) is 394 Å². The van der Waals surface area contributed by atoms with Crippen LogP contribution in [-0.2, 0) is 0 Å². The van der Waals surface area contributed by atoms with Crippen molar-refractivity contribution in [3.8, 4) is 100 Å². The first-order valence-corrected chi connectivity index (χ1v) is 41.4. The van der Waals surface area contributed by atoms with Gasteiger partial charge in [0.15, 0.2) is 0 Å². The molecular weight excluding hydrogens is 1450 g/mol. The van der Waals surface area contributed by atoms with E-state index in [0.717, 1.165) is 34.1 Å². The van der Waals surface area contributed by atoms with Gasteiger partial charge in [-0.25, -0.2) is 0 Å². The predicted molar refractivity (Wildman–Crippen MR) is 514 cm³/mol. The maximum absolute atomic E-state index is 2.44. The molecule has 22 rings (SSSR count). The Morgan fingerprint density at radius 1 is 0.117 bits per heavy atom. The molecule has 0 bridgehead atoms. The summed E-state index contributed by atoms with van der Waals surface area (Å²) >= 11 is 0. The average molecular weight is 1530 g/mol. The standard InChI is InChI=1S/C60H41N.C58H39N/c1-6-18-45(19-7-1)55-41-56(46-20-8-2-9-21-46)59-53-29-17-16-28-52(53)57-40-48(36-39-54(57)60(59)58(55)47-22-10-3-11-23-47)44-32-30-42(31-33-44)43-34-37-51(38-35-43)61(49-24-12-4-13-25-49)50-26-14-5-15-27-50;1-6-20-40(21-7-1)52-39-53(41-22-8-2-9-23-41)57-50-31-17-16-30-48(50)54-38-43(36-37-51(54)58(57)56(52)42-24-10-3-11-25-42)46-32-18-34-49-47(46)33-19-35-55(49)59(44-26-12-4-13-27-44)45-28-14-5-15-29-45/h1-41H;1-39H. The third-order valence-corrected chi connectivity index (χ3v) is 23.9. The second kappa shape index (κ2) is 31.8. The van der Waals surface area contributed by atoms with Crippen LogP contribution < -0.4 is 9.80 Å². The molecule has 2 nitrogen and oxygen atoms in total. The maximum atomic E-state index is 2.44. The van der Waals surface area contributed by atoms with E-state index < -0.39 is 0 Å². The number of fused-ring (bicyclic) bond motifs is 13. The number of hydrogen-bond donors (Lipinski definition) is 0. The van der Waals surface area contributed by atoms with E-state index in [-0.39, 0.29) is 0 Å². The van der Waals surface area contributed by atoms with Crippen molar-refractivity contribution in [2.45, 2.75) is 0 Å². The van der Waals surface area contributed by atoms with Crippen molar-refractivity contribution in [3.63, 3.8) is 0 Å². The van der Waals surface area contributed by atoms with Gasteiger partial charge in [0.25, 0.3) is 0 Å². The predicted octanol–water partition coefficient (Wildman–Crippen LogP) is 33.4. The van der Waals surface area contributed by atoms with Crippen molar-refractivity contribution in [2.75, 3.05) is 9.80 Å². The first kappa shape index (κ1) is 72.0. The Kier molecular flexibility index (Phi) is 19.1. The first-order chi connectivity index (χ1) is 59.6. The number of hydrogen-bond acceptors (Lipinski definition) is 2. The molecule has 0 aliphatic rings. The van der Waals surface area contributed by atoms with Crippen molar-refractivity contribution in [3.05, 3.63) is 485 Å². The number of benzene rings is 22. The van der Waals surface area contributed by atoms with E-state index in [1.54, 1.807) is 0 Å². The fourth-order valence-electron chi connectivity index (χ4n) is 18.4. The molecule has 2 heteroatoms. The summed E-state index contributed by atoms with van der Waals surface area (Å²) in [6, 6.07) is 176. The van der Waals surface area contributed by atoms with Crippen LogP contribution >= 0.6 is 0 Å². The highest BCUT2D eigenvalue weighted by Gasteiger charge is 2.26. The van der Waals surface area contributed by atoms with E-state index in [9.17, 15) is 0 Å². The van der Waals surface area contributed by atoms with Crippen LogP contribution in [-0.4, -0.2) is 0 Å². The summed E-state index contributed by atoms with van der Waals surface area (Å²) in [6.45, 7) is 0. The van der Waals surface area contributed by atoms with Crippen molar-refractivity contribution >= 4 is 110 Å². The molecule has 22 aromatic carbocycles. The van der Waals surface area contributed by atoms with Crippen LogP contribution in [0, 0.1) is 0 Å². The van der Waals surface area contributed by atoms with E-state index >= 15 is 0 Å². The lowest BCUT2D eigenvalue weighted by Gasteiger charge is -2.27. The number of rotatable bonds is 15. The Bertz CT molecular complexity index is 7400. The zero-order valence-corrected chi connectivity index (χ0v) is 66.1. The molecule has 0 atom stereocenters. The second-order valence-electron chi connectivity index (χ2n) is 30.8. The zero-order chi connectivity index (χ0) is 79.7. The smallest absolute Gasteiger partial charge is 0.0540 e. The Hall–Kier alpha value is -15.7. The summed E-state index contributed by atoms with van der Waals surface area (Å²) in [6.07, 6.45) is 0. The van der Waals surface area contributed by atoms with Crippen LogP contribution in [0.1, 0.15) is 0 Å². The van der Waals surface area contributed by atoms with Crippen molar-refractivity contribution in [2.24, 2.45) is 0 Å². The van der Waals surface area contributed by atoms with Crippen LogP contribution in [0.25, 0.3) is 176 Å². The Labute approximate surface area is 700 Å². The largest absolute Gasteiger partial charge is 0.311 e. The van der Waals surface area contributed by atoms with Crippen molar-refractivity contribution < 1.29 is 0 Å². The lowest BCUT2D eigenvalue weighted by Crippen LogP contribution is -2.10. The first-order valence-electron chi connectivity index (χ1n) is 41.4. The quantitative estimate of drug-likeness (QED) is 0.0944. The number of para-hydroxylation sites is 4. The summed E-state index contributed by atoms with van der Waals surface area (Å²) in [5.74, 6) is 0. The summed E-state index contributed by atoms with van der Waals surface area (Å²) < 4.78 is 0. The molecule has 562 valence electrons. The summed E-state index contributed by atoms with van der Waals surface area (Å²) in [5, 5.41) is 17.6. The molecule has 0 radical (unpaired) electrons. The van der Waals surface area contributed by atoms with Gasteiger partial charge in [0.2, 0.25) is 0 Å². The molecule has 0 spiro atoms. The topological polar surface area (TPSA) is 6.48 Å². The molecule has 0 aromatic heterocycles. The minimum absolute atomic E-state index is 1.12. The Balaban J connectivity index is 0.000000149. The highest BCUT2D eigenvalue weighted by atomic mass is 15.1. The second-order valence-corrected chi connectivity index (χ2v) is 30.8. The van der Waals surface area contributed by atoms with Crippen LogP contribution in [0.4, 0.5) is 34.1 Å². The molecule has 0 unspecified atom stereocenters. The van der Waals surface area contributed by atoms with E-state index in [1.807, 2.05) is 0 Å². The molecule has 0 aliphatic carbocycles. The van der Waals surface area contributed by atoms with Crippen molar-refractivity contribution in [1.82, 2.24) is 0 Å². The SMILES string of the molecule is c1ccc(-c2cc(-c3ccccc3)c3c4ccccc4c4cc(-c5ccc(-c6ccc(N(c7ccccc7)c7ccccc7)cc6)cc5)ccc4c3c2-c2ccccc2)cc1.c1ccc(-c2cc(-c3ccccc3)c3c4ccccc4c4cc(-c5cccc6c(N(c7ccccc7)c7ccccc7)cccc56)ccc4c3c2-c2ccccc2)cc1. The molecule has 0 saturated heterocycles.